The van der Waals surface area contributed by atoms with E-state index in [1.807, 2.05) is 0 Å². The molecule has 0 saturated carbocycles. The zero-order valence-electron chi connectivity index (χ0n) is 11.4. The maximum absolute atomic E-state index is 12.8. The van der Waals surface area contributed by atoms with Crippen molar-refractivity contribution in [2.75, 3.05) is 14.2 Å². The van der Waals surface area contributed by atoms with E-state index in [2.05, 4.69) is 0 Å². The lowest BCUT2D eigenvalue weighted by Gasteiger charge is -2.14. The Morgan fingerprint density at radius 1 is 0.952 bits per heavy atom. The molecule has 0 unspecified atom stereocenters. The second kappa shape index (κ2) is 5.55. The summed E-state index contributed by atoms with van der Waals surface area (Å²) in [5.41, 5.74) is -0.197. The van der Waals surface area contributed by atoms with E-state index in [0.717, 1.165) is 12.1 Å². The van der Waals surface area contributed by atoms with E-state index < -0.39 is 11.7 Å². The van der Waals surface area contributed by atoms with Crippen molar-refractivity contribution in [1.82, 2.24) is 0 Å². The van der Waals surface area contributed by atoms with Gasteiger partial charge in [-0.25, -0.2) is 0 Å². The summed E-state index contributed by atoms with van der Waals surface area (Å²) < 4.78 is 48.6. The summed E-state index contributed by atoms with van der Waals surface area (Å²) in [5.74, 6) is 0.504. The van der Waals surface area contributed by atoms with Crippen LogP contribution in [0.15, 0.2) is 36.4 Å². The van der Waals surface area contributed by atoms with Crippen molar-refractivity contribution in [3.05, 3.63) is 42.0 Å². The molecule has 0 fully saturated rings. The van der Waals surface area contributed by atoms with Crippen LogP contribution in [0, 0.1) is 0 Å². The first-order valence-electron chi connectivity index (χ1n) is 5.99. The number of hydrogen-bond acceptors (Lipinski definition) is 3. The average Bonchev–Trinajstić information content (AvgIpc) is 2.44. The van der Waals surface area contributed by atoms with Gasteiger partial charge in [0.25, 0.3) is 0 Å². The van der Waals surface area contributed by atoms with Crippen LogP contribution >= 0.6 is 0 Å². The molecule has 0 amide bonds. The largest absolute Gasteiger partial charge is 0.508 e. The van der Waals surface area contributed by atoms with E-state index in [1.54, 1.807) is 0 Å². The molecule has 2 aromatic rings. The first kappa shape index (κ1) is 15.0. The molecule has 3 nitrogen and oxygen atoms in total. The molecule has 0 aliphatic carbocycles. The molecule has 0 aliphatic heterocycles. The van der Waals surface area contributed by atoms with Crippen LogP contribution in [0.4, 0.5) is 13.2 Å². The van der Waals surface area contributed by atoms with Gasteiger partial charge in [0.05, 0.1) is 19.8 Å². The van der Waals surface area contributed by atoms with Gasteiger partial charge in [0, 0.05) is 11.6 Å². The molecule has 2 rings (SSSR count). The van der Waals surface area contributed by atoms with Crippen molar-refractivity contribution >= 4 is 0 Å². The van der Waals surface area contributed by atoms with Gasteiger partial charge in [-0.3, -0.25) is 0 Å². The van der Waals surface area contributed by atoms with Crippen molar-refractivity contribution in [3.63, 3.8) is 0 Å². The fourth-order valence-corrected chi connectivity index (χ4v) is 1.97. The molecular formula is C15H13F3O3. The van der Waals surface area contributed by atoms with Crippen molar-refractivity contribution < 1.29 is 27.8 Å². The Balaban J connectivity index is 2.63. The highest BCUT2D eigenvalue weighted by atomic mass is 19.4. The quantitative estimate of drug-likeness (QED) is 0.927. The Morgan fingerprint density at radius 3 is 2.24 bits per heavy atom. The number of hydrogen-bond donors (Lipinski definition) is 1. The number of alkyl halides is 3. The van der Waals surface area contributed by atoms with Crippen LogP contribution < -0.4 is 9.47 Å². The number of ether oxygens (including phenoxy) is 2. The van der Waals surface area contributed by atoms with Crippen LogP contribution in [0.5, 0.6) is 17.2 Å². The first-order chi connectivity index (χ1) is 9.85. The molecular weight excluding hydrogens is 285 g/mol. The lowest BCUT2D eigenvalue weighted by molar-refractivity contribution is -0.137. The summed E-state index contributed by atoms with van der Waals surface area (Å²) in [4.78, 5) is 0. The van der Waals surface area contributed by atoms with Gasteiger partial charge in [0.15, 0.2) is 0 Å². The first-order valence-corrected chi connectivity index (χ1v) is 5.99. The van der Waals surface area contributed by atoms with Crippen LogP contribution in [-0.2, 0) is 6.18 Å². The molecule has 0 heterocycles. The maximum Gasteiger partial charge on any atom is 0.416 e. The topological polar surface area (TPSA) is 38.7 Å². The molecule has 0 saturated heterocycles. The van der Waals surface area contributed by atoms with Gasteiger partial charge in [0.1, 0.15) is 17.2 Å². The smallest absolute Gasteiger partial charge is 0.416 e. The van der Waals surface area contributed by atoms with E-state index in [1.165, 1.54) is 38.5 Å². The lowest BCUT2D eigenvalue weighted by atomic mass is 10.0. The summed E-state index contributed by atoms with van der Waals surface area (Å²) in [6.45, 7) is 0. The predicted molar refractivity (Wildman–Crippen MR) is 71.6 cm³/mol. The zero-order valence-corrected chi connectivity index (χ0v) is 11.4. The van der Waals surface area contributed by atoms with E-state index in [9.17, 15) is 18.3 Å². The average molecular weight is 298 g/mol. The lowest BCUT2D eigenvalue weighted by Crippen LogP contribution is -2.05. The number of aromatic hydroxyl groups is 1. The summed E-state index contributed by atoms with van der Waals surface area (Å²) in [7, 11) is 2.77. The third kappa shape index (κ3) is 3.21. The minimum Gasteiger partial charge on any atom is -0.508 e. The van der Waals surface area contributed by atoms with E-state index in [0.29, 0.717) is 11.3 Å². The molecule has 0 spiro atoms. The normalized spacial score (nSPS) is 11.3. The molecule has 0 atom stereocenters. The van der Waals surface area contributed by atoms with Crippen LogP contribution in [-0.4, -0.2) is 19.3 Å². The summed E-state index contributed by atoms with van der Waals surface area (Å²) in [5, 5.41) is 9.64. The number of phenolic OH excluding ortho intramolecular Hbond substituents is 1. The predicted octanol–water partition coefficient (Wildman–Crippen LogP) is 4.10. The fraction of sp³-hybridized carbons (Fsp3) is 0.200. The van der Waals surface area contributed by atoms with Gasteiger partial charge in [-0.05, 0) is 35.9 Å². The number of methoxy groups -OCH3 is 2. The minimum atomic E-state index is -4.46. The monoisotopic (exact) mass is 298 g/mol. The van der Waals surface area contributed by atoms with E-state index in [4.69, 9.17) is 9.47 Å². The van der Waals surface area contributed by atoms with Gasteiger partial charge in [0.2, 0.25) is 0 Å². The fourth-order valence-electron chi connectivity index (χ4n) is 1.97. The van der Waals surface area contributed by atoms with Crippen LogP contribution in [0.3, 0.4) is 0 Å². The standard InChI is InChI=1S/C15H13F3O3/c1-20-12-6-9(5-11(19)8-12)13-7-10(15(16,17)18)3-4-14(13)21-2/h3-8,19H,1-2H3. The Morgan fingerprint density at radius 2 is 1.67 bits per heavy atom. The van der Waals surface area contributed by atoms with Crippen molar-refractivity contribution in [2.24, 2.45) is 0 Å². The van der Waals surface area contributed by atoms with E-state index >= 15 is 0 Å². The molecule has 0 aromatic heterocycles. The highest BCUT2D eigenvalue weighted by molar-refractivity contribution is 5.73. The Hall–Kier alpha value is -2.37. The number of phenols is 1. The third-order valence-corrected chi connectivity index (χ3v) is 2.96. The maximum atomic E-state index is 12.8. The SMILES string of the molecule is COc1cc(O)cc(-c2cc(C(F)(F)F)ccc2OC)c1. The second-order valence-corrected chi connectivity index (χ2v) is 4.33. The van der Waals surface area contributed by atoms with Crippen LogP contribution in [0.2, 0.25) is 0 Å². The summed E-state index contributed by atoms with van der Waals surface area (Å²) in [6.07, 6.45) is -4.46. The van der Waals surface area contributed by atoms with Gasteiger partial charge in [-0.2, -0.15) is 13.2 Å². The third-order valence-electron chi connectivity index (χ3n) is 2.96. The van der Waals surface area contributed by atoms with Gasteiger partial charge in [-0.15, -0.1) is 0 Å². The van der Waals surface area contributed by atoms with Gasteiger partial charge >= 0.3 is 6.18 Å². The molecule has 2 aromatic carbocycles. The van der Waals surface area contributed by atoms with Crippen LogP contribution in [0.1, 0.15) is 5.56 Å². The molecule has 112 valence electrons. The molecule has 0 bridgehead atoms. The number of rotatable bonds is 3. The zero-order chi connectivity index (χ0) is 15.6. The molecule has 6 heteroatoms. The Bertz CT molecular complexity index is 651. The van der Waals surface area contributed by atoms with Crippen molar-refractivity contribution in [2.45, 2.75) is 6.18 Å². The van der Waals surface area contributed by atoms with Crippen molar-refractivity contribution in [1.29, 1.82) is 0 Å². The summed E-state index contributed by atoms with van der Waals surface area (Å²) >= 11 is 0. The highest BCUT2D eigenvalue weighted by Gasteiger charge is 2.31. The van der Waals surface area contributed by atoms with Crippen LogP contribution in [0.25, 0.3) is 11.1 Å². The molecule has 0 aliphatic rings. The number of benzene rings is 2. The summed E-state index contributed by atoms with van der Waals surface area (Å²) in [6, 6.07) is 7.41. The molecule has 1 N–H and O–H groups in total. The molecule has 21 heavy (non-hydrogen) atoms. The van der Waals surface area contributed by atoms with Gasteiger partial charge in [-0.1, -0.05) is 0 Å². The van der Waals surface area contributed by atoms with Gasteiger partial charge < -0.3 is 14.6 Å². The minimum absolute atomic E-state index is 0.108. The molecule has 0 radical (unpaired) electrons. The Labute approximate surface area is 119 Å². The van der Waals surface area contributed by atoms with Crippen molar-refractivity contribution in [3.8, 4) is 28.4 Å². The Kier molecular flexibility index (Phi) is 3.97. The number of halogens is 3. The van der Waals surface area contributed by atoms with E-state index in [-0.39, 0.29) is 17.1 Å². The highest BCUT2D eigenvalue weighted by Crippen LogP contribution is 2.39. The second-order valence-electron chi connectivity index (χ2n) is 4.33.